The maximum absolute atomic E-state index is 5.94. The molecule has 0 aliphatic carbocycles. The Morgan fingerprint density at radius 1 is 0.762 bits per heavy atom. The summed E-state index contributed by atoms with van der Waals surface area (Å²) in [6.45, 7) is 20.2. The molecule has 0 saturated carbocycles. The monoisotopic (exact) mass is 286 g/mol. The summed E-state index contributed by atoms with van der Waals surface area (Å²) in [4.78, 5) is 0. The Kier molecular flexibility index (Phi) is 9.20. The van der Waals surface area contributed by atoms with Crippen molar-refractivity contribution in [2.75, 3.05) is 0 Å². The Bertz CT molecular complexity index is 424. The average molecular weight is 286 g/mol. The molecule has 21 heavy (non-hydrogen) atoms. The van der Waals surface area contributed by atoms with Gasteiger partial charge < -0.3 is 4.74 Å². The van der Waals surface area contributed by atoms with Crippen LogP contribution >= 0.6 is 0 Å². The summed E-state index contributed by atoms with van der Waals surface area (Å²) in [6, 6.07) is 0. The van der Waals surface area contributed by atoms with E-state index in [-0.39, 0.29) is 0 Å². The molecule has 0 spiro atoms. The highest BCUT2D eigenvalue weighted by Gasteiger charge is 2.02. The average Bonchev–Trinajstić information content (AvgIpc) is 2.39. The molecule has 0 aromatic rings. The highest BCUT2D eigenvalue weighted by atomic mass is 16.5. The Hall–Kier alpha value is -1.76. The van der Waals surface area contributed by atoms with Crippen LogP contribution in [0.4, 0.5) is 0 Å². The molecule has 0 aromatic heterocycles. The van der Waals surface area contributed by atoms with E-state index in [4.69, 9.17) is 4.74 Å². The standard InChI is InChI=1S/C20H30O/c1-9-19(13-11-15(3)4)17(7)21-18(8)20(10-2)14-12-16(5)6/h9-16H,1-2H2,3-8H3/b13-11+,14-12+,19-17-,20-18-. The molecule has 0 atom stereocenters. The fourth-order valence-electron chi connectivity index (χ4n) is 1.60. The van der Waals surface area contributed by atoms with Crippen LogP contribution in [0.2, 0.25) is 0 Å². The van der Waals surface area contributed by atoms with Gasteiger partial charge in [-0.2, -0.15) is 0 Å². The summed E-state index contributed by atoms with van der Waals surface area (Å²) in [5.41, 5.74) is 2.00. The third-order valence-corrected chi connectivity index (χ3v) is 2.88. The number of rotatable bonds is 8. The normalized spacial score (nSPS) is 14.7. The van der Waals surface area contributed by atoms with Gasteiger partial charge in [-0.3, -0.25) is 0 Å². The van der Waals surface area contributed by atoms with Crippen molar-refractivity contribution in [2.24, 2.45) is 11.8 Å². The largest absolute Gasteiger partial charge is 0.465 e. The fourth-order valence-corrected chi connectivity index (χ4v) is 1.60. The summed E-state index contributed by atoms with van der Waals surface area (Å²) in [5, 5.41) is 0. The van der Waals surface area contributed by atoms with Crippen molar-refractivity contribution >= 4 is 0 Å². The Morgan fingerprint density at radius 2 is 1.10 bits per heavy atom. The quantitative estimate of drug-likeness (QED) is 0.373. The van der Waals surface area contributed by atoms with E-state index < -0.39 is 0 Å². The molecule has 0 bridgehead atoms. The molecule has 0 saturated heterocycles. The van der Waals surface area contributed by atoms with Gasteiger partial charge in [0, 0.05) is 11.1 Å². The van der Waals surface area contributed by atoms with Gasteiger partial charge in [0.15, 0.2) is 0 Å². The molecule has 0 N–H and O–H groups in total. The Balaban J connectivity index is 5.29. The minimum atomic E-state index is 0.502. The zero-order valence-electron chi connectivity index (χ0n) is 14.4. The number of allylic oxidation sites excluding steroid dienone is 10. The molecule has 0 unspecified atom stereocenters. The van der Waals surface area contributed by atoms with Crippen LogP contribution in [0.1, 0.15) is 41.5 Å². The second kappa shape index (κ2) is 10.0. The summed E-state index contributed by atoms with van der Waals surface area (Å²) < 4.78 is 5.94. The predicted molar refractivity (Wildman–Crippen MR) is 94.8 cm³/mol. The SMILES string of the molecule is C=CC(/C=C/C(C)C)=C(\C)O/C(C)=C(C=C)\C=C\C(C)C. The van der Waals surface area contributed by atoms with Crippen LogP contribution in [0.25, 0.3) is 0 Å². The first kappa shape index (κ1) is 19.2. The van der Waals surface area contributed by atoms with Crippen molar-refractivity contribution in [3.63, 3.8) is 0 Å². The molecule has 1 heteroatoms. The van der Waals surface area contributed by atoms with E-state index in [1.54, 1.807) is 0 Å². The molecule has 0 aromatic carbocycles. The molecule has 0 fully saturated rings. The summed E-state index contributed by atoms with van der Waals surface area (Å²) in [5.74, 6) is 2.69. The van der Waals surface area contributed by atoms with Gasteiger partial charge in [0.2, 0.25) is 0 Å². The molecule has 116 valence electrons. The van der Waals surface area contributed by atoms with Crippen molar-refractivity contribution in [3.05, 3.63) is 72.3 Å². The van der Waals surface area contributed by atoms with Crippen molar-refractivity contribution < 1.29 is 4.74 Å². The van der Waals surface area contributed by atoms with Gasteiger partial charge in [0.05, 0.1) is 0 Å². The minimum absolute atomic E-state index is 0.502. The molecule has 0 amide bonds. The van der Waals surface area contributed by atoms with Crippen LogP contribution in [-0.2, 0) is 4.74 Å². The topological polar surface area (TPSA) is 9.23 Å². The van der Waals surface area contributed by atoms with Crippen molar-refractivity contribution in [3.8, 4) is 0 Å². The summed E-state index contributed by atoms with van der Waals surface area (Å²) in [6.07, 6.45) is 12.0. The van der Waals surface area contributed by atoms with E-state index in [9.17, 15) is 0 Å². The highest BCUT2D eigenvalue weighted by molar-refractivity contribution is 5.35. The van der Waals surface area contributed by atoms with Crippen LogP contribution in [0.5, 0.6) is 0 Å². The lowest BCUT2D eigenvalue weighted by atomic mass is 10.1. The van der Waals surface area contributed by atoms with Gasteiger partial charge in [-0.05, 0) is 25.7 Å². The zero-order valence-corrected chi connectivity index (χ0v) is 14.4. The van der Waals surface area contributed by atoms with Gasteiger partial charge in [0.25, 0.3) is 0 Å². The zero-order chi connectivity index (χ0) is 16.4. The fraction of sp³-hybridized carbons (Fsp3) is 0.400. The third kappa shape index (κ3) is 8.19. The third-order valence-electron chi connectivity index (χ3n) is 2.88. The second-order valence-electron chi connectivity index (χ2n) is 5.74. The van der Waals surface area contributed by atoms with Gasteiger partial charge >= 0.3 is 0 Å². The van der Waals surface area contributed by atoms with Crippen LogP contribution in [0, 0.1) is 11.8 Å². The van der Waals surface area contributed by atoms with Gasteiger partial charge in [0.1, 0.15) is 11.5 Å². The van der Waals surface area contributed by atoms with Crippen LogP contribution in [0.15, 0.2) is 72.3 Å². The van der Waals surface area contributed by atoms with Crippen LogP contribution in [-0.4, -0.2) is 0 Å². The Morgan fingerprint density at radius 3 is 1.33 bits per heavy atom. The first-order valence-corrected chi connectivity index (χ1v) is 7.52. The Labute approximate surface area is 131 Å². The maximum atomic E-state index is 5.94. The van der Waals surface area contributed by atoms with E-state index >= 15 is 0 Å². The van der Waals surface area contributed by atoms with Crippen molar-refractivity contribution in [2.45, 2.75) is 41.5 Å². The predicted octanol–water partition coefficient (Wildman–Crippen LogP) is 6.35. The molecule has 0 radical (unpaired) electrons. The molecule has 0 heterocycles. The first-order valence-electron chi connectivity index (χ1n) is 7.52. The lowest BCUT2D eigenvalue weighted by molar-refractivity contribution is 0.304. The van der Waals surface area contributed by atoms with E-state index in [2.05, 4.69) is 65.2 Å². The number of hydrogen-bond donors (Lipinski definition) is 0. The van der Waals surface area contributed by atoms with E-state index in [0.29, 0.717) is 11.8 Å². The maximum Gasteiger partial charge on any atom is 0.108 e. The van der Waals surface area contributed by atoms with Gasteiger partial charge in [-0.25, -0.2) is 0 Å². The van der Waals surface area contributed by atoms with Gasteiger partial charge in [-0.15, -0.1) is 0 Å². The molecular formula is C20H30O. The lowest BCUT2D eigenvalue weighted by Gasteiger charge is -2.11. The van der Waals surface area contributed by atoms with E-state index in [1.165, 1.54) is 0 Å². The molecule has 1 nitrogen and oxygen atoms in total. The molecule has 0 aliphatic heterocycles. The van der Waals surface area contributed by atoms with Crippen molar-refractivity contribution in [1.29, 1.82) is 0 Å². The van der Waals surface area contributed by atoms with Crippen LogP contribution in [0.3, 0.4) is 0 Å². The lowest BCUT2D eigenvalue weighted by Crippen LogP contribution is -1.93. The second-order valence-corrected chi connectivity index (χ2v) is 5.74. The molecule has 0 aliphatic rings. The number of hydrogen-bond acceptors (Lipinski definition) is 1. The van der Waals surface area contributed by atoms with Crippen molar-refractivity contribution in [1.82, 2.24) is 0 Å². The summed E-state index contributed by atoms with van der Waals surface area (Å²) in [7, 11) is 0. The minimum Gasteiger partial charge on any atom is -0.465 e. The molecular weight excluding hydrogens is 256 g/mol. The first-order chi connectivity index (χ1) is 9.81. The van der Waals surface area contributed by atoms with E-state index in [0.717, 1.165) is 22.7 Å². The number of ether oxygens (including phenoxy) is 1. The smallest absolute Gasteiger partial charge is 0.108 e. The van der Waals surface area contributed by atoms with Crippen LogP contribution < -0.4 is 0 Å². The van der Waals surface area contributed by atoms with Gasteiger partial charge in [-0.1, -0.05) is 77.3 Å². The highest BCUT2D eigenvalue weighted by Crippen LogP contribution is 2.18. The summed E-state index contributed by atoms with van der Waals surface area (Å²) >= 11 is 0. The molecule has 0 rings (SSSR count). The van der Waals surface area contributed by atoms with E-state index in [1.807, 2.05) is 26.0 Å².